The molecule has 1 saturated carbocycles. The smallest absolute Gasteiger partial charge is 0.257 e. The molecule has 0 aromatic heterocycles. The van der Waals surface area contributed by atoms with E-state index in [-0.39, 0.29) is 22.0 Å². The first kappa shape index (κ1) is 25.0. The maximum atomic E-state index is 13.9. The van der Waals surface area contributed by atoms with E-state index < -0.39 is 39.6 Å². The number of nitrogens with one attached hydrogen (secondary N) is 2. The molecule has 34 heavy (non-hydrogen) atoms. The minimum atomic E-state index is -1.37. The van der Waals surface area contributed by atoms with Crippen molar-refractivity contribution >= 4 is 81.2 Å². The van der Waals surface area contributed by atoms with Gasteiger partial charge in [0.05, 0.1) is 32.2 Å². The predicted octanol–water partition coefficient (Wildman–Crippen LogP) is 7.70. The molecule has 1 unspecified atom stereocenters. The van der Waals surface area contributed by atoms with Crippen molar-refractivity contribution in [3.05, 3.63) is 92.4 Å². The van der Waals surface area contributed by atoms with Crippen LogP contribution in [0.1, 0.15) is 21.8 Å². The standard InChI is InChI=1S/C23H13Cl5F2N2O2/c24-14-5-3-12(9-13(14)21(33)32-18-6-2-11(29)8-17(18)30)31-22(34)20-19(23(20,27)28)10-1-4-15(25)16(26)7-10/h1-9,19-20H,(H,31,34)(H,32,33)/t19?,20-/m0/s1. The average molecular weight is 565 g/mol. The van der Waals surface area contributed by atoms with Gasteiger partial charge in [-0.05, 0) is 48.0 Å². The lowest BCUT2D eigenvalue weighted by Crippen LogP contribution is -2.18. The molecule has 0 saturated heterocycles. The molecule has 1 aliphatic carbocycles. The lowest BCUT2D eigenvalue weighted by Gasteiger charge is -2.11. The summed E-state index contributed by atoms with van der Waals surface area (Å²) < 4.78 is 25.6. The summed E-state index contributed by atoms with van der Waals surface area (Å²) in [5, 5.41) is 5.70. The van der Waals surface area contributed by atoms with Crippen LogP contribution in [0.25, 0.3) is 0 Å². The molecule has 2 amide bonds. The van der Waals surface area contributed by atoms with Crippen LogP contribution in [0.4, 0.5) is 20.2 Å². The molecule has 4 nitrogen and oxygen atoms in total. The highest BCUT2D eigenvalue weighted by atomic mass is 35.5. The molecule has 2 atom stereocenters. The Hall–Kier alpha value is -2.09. The topological polar surface area (TPSA) is 58.2 Å². The third kappa shape index (κ3) is 4.97. The summed E-state index contributed by atoms with van der Waals surface area (Å²) in [4.78, 5) is 25.5. The maximum Gasteiger partial charge on any atom is 0.257 e. The molecule has 0 radical (unpaired) electrons. The van der Waals surface area contributed by atoms with Crippen molar-refractivity contribution < 1.29 is 18.4 Å². The van der Waals surface area contributed by atoms with E-state index in [9.17, 15) is 18.4 Å². The highest BCUT2D eigenvalue weighted by molar-refractivity contribution is 6.53. The van der Waals surface area contributed by atoms with Crippen LogP contribution >= 0.6 is 58.0 Å². The van der Waals surface area contributed by atoms with Crippen molar-refractivity contribution in [1.82, 2.24) is 0 Å². The summed E-state index contributed by atoms with van der Waals surface area (Å²) in [6.07, 6.45) is 0. The number of hydrogen-bond donors (Lipinski definition) is 2. The Morgan fingerprint density at radius 2 is 1.53 bits per heavy atom. The number of alkyl halides is 2. The van der Waals surface area contributed by atoms with Crippen molar-refractivity contribution in [1.29, 1.82) is 0 Å². The third-order valence-corrected chi connectivity index (χ3v) is 7.31. The van der Waals surface area contributed by atoms with Crippen molar-refractivity contribution in [2.75, 3.05) is 10.6 Å². The number of halogens is 7. The fourth-order valence-electron chi connectivity index (χ4n) is 3.55. The van der Waals surface area contributed by atoms with Crippen LogP contribution in [-0.2, 0) is 4.79 Å². The van der Waals surface area contributed by atoms with Crippen molar-refractivity contribution in [3.8, 4) is 0 Å². The van der Waals surface area contributed by atoms with Gasteiger partial charge in [-0.2, -0.15) is 0 Å². The summed E-state index contributed by atoms with van der Waals surface area (Å²) in [7, 11) is 0. The van der Waals surface area contributed by atoms with Crippen molar-refractivity contribution in [3.63, 3.8) is 0 Å². The number of benzene rings is 3. The molecule has 0 bridgehead atoms. The fourth-order valence-corrected chi connectivity index (χ4v) is 4.89. The molecular formula is C23H13Cl5F2N2O2. The average Bonchev–Trinajstić information content (AvgIpc) is 3.35. The van der Waals surface area contributed by atoms with Crippen LogP contribution in [0.2, 0.25) is 15.1 Å². The van der Waals surface area contributed by atoms with Crippen LogP contribution in [0, 0.1) is 17.6 Å². The second-order valence-corrected chi connectivity index (χ2v) is 10.2. The zero-order valence-corrected chi connectivity index (χ0v) is 20.6. The number of hydrogen-bond acceptors (Lipinski definition) is 2. The van der Waals surface area contributed by atoms with Crippen LogP contribution in [0.5, 0.6) is 0 Å². The van der Waals surface area contributed by atoms with Gasteiger partial charge in [0.1, 0.15) is 16.0 Å². The Morgan fingerprint density at radius 3 is 2.21 bits per heavy atom. The normalized spacial score (nSPS) is 18.3. The number of carbonyl (C=O) groups is 2. The van der Waals surface area contributed by atoms with E-state index in [1.807, 2.05) is 0 Å². The largest absolute Gasteiger partial charge is 0.326 e. The van der Waals surface area contributed by atoms with E-state index >= 15 is 0 Å². The van der Waals surface area contributed by atoms with E-state index in [4.69, 9.17) is 58.0 Å². The molecule has 4 rings (SSSR count). The number of carbonyl (C=O) groups excluding carboxylic acids is 2. The van der Waals surface area contributed by atoms with Gasteiger partial charge >= 0.3 is 0 Å². The van der Waals surface area contributed by atoms with Gasteiger partial charge in [0, 0.05) is 17.7 Å². The summed E-state index contributed by atoms with van der Waals surface area (Å²) >= 11 is 30.9. The van der Waals surface area contributed by atoms with Gasteiger partial charge in [-0.3, -0.25) is 9.59 Å². The zero-order valence-electron chi connectivity index (χ0n) is 16.8. The third-order valence-electron chi connectivity index (χ3n) is 5.30. The molecule has 1 fully saturated rings. The Labute approximate surface area is 218 Å². The van der Waals surface area contributed by atoms with Crippen LogP contribution < -0.4 is 10.6 Å². The fraction of sp³-hybridized carbons (Fsp3) is 0.130. The molecule has 11 heteroatoms. The Kier molecular flexibility index (Phi) is 7.00. The number of anilines is 2. The quantitative estimate of drug-likeness (QED) is 0.312. The lowest BCUT2D eigenvalue weighted by molar-refractivity contribution is -0.117. The Morgan fingerprint density at radius 1 is 0.824 bits per heavy atom. The zero-order chi connectivity index (χ0) is 24.8. The van der Waals surface area contributed by atoms with Gasteiger partial charge in [-0.1, -0.05) is 40.9 Å². The molecule has 176 valence electrons. The van der Waals surface area contributed by atoms with E-state index in [0.29, 0.717) is 21.7 Å². The van der Waals surface area contributed by atoms with E-state index in [1.54, 1.807) is 18.2 Å². The highest BCUT2D eigenvalue weighted by Gasteiger charge is 2.67. The first-order chi connectivity index (χ1) is 16.0. The summed E-state index contributed by atoms with van der Waals surface area (Å²) in [6, 6.07) is 11.8. The molecule has 0 spiro atoms. The summed E-state index contributed by atoms with van der Waals surface area (Å²) in [5.74, 6) is -4.30. The van der Waals surface area contributed by atoms with Crippen LogP contribution in [0.3, 0.4) is 0 Å². The van der Waals surface area contributed by atoms with Gasteiger partial charge in [0.15, 0.2) is 0 Å². The lowest BCUT2D eigenvalue weighted by atomic mass is 10.1. The minimum absolute atomic E-state index is 0.0389. The second kappa shape index (κ2) is 9.51. The van der Waals surface area contributed by atoms with Gasteiger partial charge in [0.2, 0.25) is 5.91 Å². The number of rotatable bonds is 5. The first-order valence-electron chi connectivity index (χ1n) is 9.68. The Bertz CT molecular complexity index is 1320. The molecule has 1 aliphatic rings. The highest BCUT2D eigenvalue weighted by Crippen LogP contribution is 2.65. The predicted molar refractivity (Wildman–Crippen MR) is 132 cm³/mol. The maximum absolute atomic E-state index is 13.9. The van der Waals surface area contributed by atoms with Crippen LogP contribution in [0.15, 0.2) is 54.6 Å². The molecule has 3 aromatic rings. The number of amides is 2. The Balaban J connectivity index is 1.51. The van der Waals surface area contributed by atoms with Crippen molar-refractivity contribution in [2.45, 2.75) is 10.3 Å². The molecule has 0 heterocycles. The molecule has 2 N–H and O–H groups in total. The van der Waals surface area contributed by atoms with Crippen molar-refractivity contribution in [2.24, 2.45) is 5.92 Å². The van der Waals surface area contributed by atoms with Gasteiger partial charge < -0.3 is 10.6 Å². The van der Waals surface area contributed by atoms with Gasteiger partial charge in [-0.15, -0.1) is 23.2 Å². The van der Waals surface area contributed by atoms with E-state index in [0.717, 1.165) is 12.1 Å². The minimum Gasteiger partial charge on any atom is -0.326 e. The molecular weight excluding hydrogens is 552 g/mol. The summed E-state index contributed by atoms with van der Waals surface area (Å²) in [5.41, 5.74) is 0.622. The van der Waals surface area contributed by atoms with Crippen LogP contribution in [-0.4, -0.2) is 16.1 Å². The SMILES string of the molecule is O=C(Nc1ccc(F)cc1F)c1cc(NC(=O)[C@@H]2C(c3ccc(Cl)c(Cl)c3)C2(Cl)Cl)ccc1Cl. The first-order valence-corrected chi connectivity index (χ1v) is 11.6. The molecule has 0 aliphatic heterocycles. The van der Waals surface area contributed by atoms with Gasteiger partial charge in [-0.25, -0.2) is 8.78 Å². The second-order valence-electron chi connectivity index (χ2n) is 7.57. The van der Waals surface area contributed by atoms with E-state index in [2.05, 4.69) is 10.6 Å². The molecule has 3 aromatic carbocycles. The monoisotopic (exact) mass is 562 g/mol. The van der Waals surface area contributed by atoms with E-state index in [1.165, 1.54) is 18.2 Å². The summed E-state index contributed by atoms with van der Waals surface area (Å²) in [6.45, 7) is 0. The van der Waals surface area contributed by atoms with Gasteiger partial charge in [0.25, 0.3) is 5.91 Å².